The average molecular weight is 1390 g/mol. The van der Waals surface area contributed by atoms with Crippen LogP contribution in [0.25, 0.3) is 0 Å². The van der Waals surface area contributed by atoms with E-state index in [1.54, 1.807) is 0 Å². The van der Waals surface area contributed by atoms with Crippen molar-refractivity contribution in [3.63, 3.8) is 0 Å². The van der Waals surface area contributed by atoms with Crippen LogP contribution in [0.3, 0.4) is 0 Å². The first-order valence-corrected chi connectivity index (χ1v) is 43.8. The Hall–Kier alpha value is -2.81. The summed E-state index contributed by atoms with van der Waals surface area (Å²) in [6.07, 6.45) is 109. The molecule has 2 atom stereocenters. The lowest BCUT2D eigenvalue weighted by Crippen LogP contribution is -2.37. The van der Waals surface area contributed by atoms with Crippen LogP contribution in [-0.2, 0) is 32.7 Å². The summed E-state index contributed by atoms with van der Waals surface area (Å²) in [7, 11) is 1.18. The number of rotatable bonds is 79. The maximum absolute atomic E-state index is 12.9. The molecule has 0 radical (unpaired) electrons. The van der Waals surface area contributed by atoms with Crippen molar-refractivity contribution in [2.45, 2.75) is 418 Å². The molecule has 0 N–H and O–H groups in total. The van der Waals surface area contributed by atoms with Crippen LogP contribution < -0.4 is 4.89 Å². The highest BCUT2D eigenvalue weighted by atomic mass is 31.2. The van der Waals surface area contributed by atoms with E-state index in [4.69, 9.17) is 18.5 Å². The third-order valence-electron chi connectivity index (χ3n) is 18.9. The van der Waals surface area contributed by atoms with E-state index in [1.165, 1.54) is 295 Å². The number of likely N-dealkylation sites (N-methyl/N-ethyl adjacent to an activating group) is 1. The number of hydrogen-bond donors (Lipinski definition) is 0. The summed E-state index contributed by atoms with van der Waals surface area (Å²) in [6.45, 7) is 4.19. The largest absolute Gasteiger partial charge is 0.756 e. The van der Waals surface area contributed by atoms with Crippen molar-refractivity contribution >= 4 is 19.8 Å². The van der Waals surface area contributed by atoms with Gasteiger partial charge in [-0.05, 0) is 70.6 Å². The summed E-state index contributed by atoms with van der Waals surface area (Å²) < 4.78 is 34.5. The minimum atomic E-state index is -4.65. The van der Waals surface area contributed by atoms with Crippen LogP contribution >= 0.6 is 7.82 Å². The van der Waals surface area contributed by atoms with Gasteiger partial charge in [-0.2, -0.15) is 0 Å². The van der Waals surface area contributed by atoms with Crippen LogP contribution in [0.1, 0.15) is 412 Å². The van der Waals surface area contributed by atoms with Crippen LogP contribution in [0.4, 0.5) is 0 Å². The maximum atomic E-state index is 12.9. The molecule has 10 heteroatoms. The van der Waals surface area contributed by atoms with Crippen molar-refractivity contribution in [3.8, 4) is 0 Å². The average Bonchev–Trinajstić information content (AvgIpc) is 1.08. The van der Waals surface area contributed by atoms with E-state index in [0.717, 1.165) is 83.5 Å². The van der Waals surface area contributed by atoms with Gasteiger partial charge in [-0.15, -0.1) is 0 Å². The Kier molecular flexibility index (Phi) is 76.1. The van der Waals surface area contributed by atoms with Crippen LogP contribution in [0.2, 0.25) is 0 Å². The molecule has 0 heterocycles. The summed E-state index contributed by atoms with van der Waals surface area (Å²) in [5.74, 6) is -0.815. The number of unbranched alkanes of at least 4 members (excludes halogenated alkanes) is 51. The zero-order chi connectivity index (χ0) is 71.1. The molecule has 98 heavy (non-hydrogen) atoms. The maximum Gasteiger partial charge on any atom is 0.306 e. The predicted molar refractivity (Wildman–Crippen MR) is 425 cm³/mol. The molecule has 0 aliphatic heterocycles. The lowest BCUT2D eigenvalue weighted by atomic mass is 10.0. The van der Waals surface area contributed by atoms with Crippen molar-refractivity contribution in [1.29, 1.82) is 0 Å². The zero-order valence-corrected chi connectivity index (χ0v) is 66.4. The van der Waals surface area contributed by atoms with Gasteiger partial charge in [0.2, 0.25) is 0 Å². The summed E-state index contributed by atoms with van der Waals surface area (Å²) >= 11 is 0. The third kappa shape index (κ3) is 82.1. The zero-order valence-electron chi connectivity index (χ0n) is 65.5. The molecule has 0 amide bonds. The van der Waals surface area contributed by atoms with Crippen molar-refractivity contribution in [2.75, 3.05) is 47.5 Å². The molecule has 0 aromatic heterocycles. The van der Waals surface area contributed by atoms with Crippen molar-refractivity contribution in [3.05, 3.63) is 85.1 Å². The Morgan fingerprint density at radius 1 is 0.327 bits per heavy atom. The summed E-state index contributed by atoms with van der Waals surface area (Å²) in [4.78, 5) is 38.2. The number of carbonyl (C=O) groups is 2. The molecule has 9 nitrogen and oxygen atoms in total. The normalized spacial score (nSPS) is 13.4. The fourth-order valence-electron chi connectivity index (χ4n) is 12.5. The number of allylic oxidation sites excluding steroid dienone is 14. The van der Waals surface area contributed by atoms with Crippen molar-refractivity contribution < 1.29 is 42.1 Å². The SMILES string of the molecule is CC/C=C\C/C=C\C/C=C\C/C=C\C/C=C\C/C=C\C/C=C\CCCCCCCCCCCCCCCCCC(=O)OC(COC(=O)CCCCCCCCCCCCCCCCCCCCCCCCCCCCCCCCCCCCCCC)COP(=O)([O-])OCC[N+](C)(C)C. The Morgan fingerprint density at radius 2 is 0.582 bits per heavy atom. The molecule has 0 saturated heterocycles. The second-order valence-electron chi connectivity index (χ2n) is 29.8. The first-order valence-electron chi connectivity index (χ1n) is 42.3. The van der Waals surface area contributed by atoms with Crippen LogP contribution in [-0.4, -0.2) is 70.0 Å². The van der Waals surface area contributed by atoms with E-state index < -0.39 is 26.5 Å². The van der Waals surface area contributed by atoms with Gasteiger partial charge >= 0.3 is 11.9 Å². The highest BCUT2D eigenvalue weighted by Crippen LogP contribution is 2.38. The van der Waals surface area contributed by atoms with Crippen molar-refractivity contribution in [2.24, 2.45) is 0 Å². The summed E-state index contributed by atoms with van der Waals surface area (Å²) in [6, 6.07) is 0. The molecule has 0 spiro atoms. The number of hydrogen-bond acceptors (Lipinski definition) is 8. The molecule has 0 rings (SSSR count). The van der Waals surface area contributed by atoms with Crippen molar-refractivity contribution in [1.82, 2.24) is 0 Å². The molecule has 0 aromatic rings. The van der Waals surface area contributed by atoms with Gasteiger partial charge in [0.05, 0.1) is 27.7 Å². The van der Waals surface area contributed by atoms with Crippen LogP contribution in [0.5, 0.6) is 0 Å². The van der Waals surface area contributed by atoms with E-state index in [0.29, 0.717) is 17.4 Å². The fourth-order valence-corrected chi connectivity index (χ4v) is 13.3. The van der Waals surface area contributed by atoms with E-state index in [9.17, 15) is 19.0 Å². The highest BCUT2D eigenvalue weighted by Gasteiger charge is 2.22. The second kappa shape index (κ2) is 78.3. The minimum Gasteiger partial charge on any atom is -0.756 e. The Labute approximate surface area is 609 Å². The number of quaternary nitrogens is 1. The van der Waals surface area contributed by atoms with Gasteiger partial charge < -0.3 is 27.9 Å². The summed E-state index contributed by atoms with van der Waals surface area (Å²) in [5, 5.41) is 0. The number of carbonyl (C=O) groups excluding carboxylic acids is 2. The molecule has 0 aromatic carbocycles. The molecule has 0 saturated carbocycles. The van der Waals surface area contributed by atoms with E-state index in [-0.39, 0.29) is 32.0 Å². The van der Waals surface area contributed by atoms with Gasteiger partial charge in [0.25, 0.3) is 7.82 Å². The monoisotopic (exact) mass is 1390 g/mol. The lowest BCUT2D eigenvalue weighted by Gasteiger charge is -2.28. The van der Waals surface area contributed by atoms with Gasteiger partial charge in [-0.25, -0.2) is 0 Å². The van der Waals surface area contributed by atoms with Crippen LogP contribution in [0.15, 0.2) is 85.1 Å². The number of phosphoric ester groups is 1. The lowest BCUT2D eigenvalue weighted by molar-refractivity contribution is -0.870. The number of esters is 2. The molecular weight excluding hydrogens is 1230 g/mol. The van der Waals surface area contributed by atoms with Gasteiger partial charge in [0.1, 0.15) is 19.8 Å². The topological polar surface area (TPSA) is 111 Å². The smallest absolute Gasteiger partial charge is 0.306 e. The second-order valence-corrected chi connectivity index (χ2v) is 31.2. The molecule has 0 aliphatic rings. The van der Waals surface area contributed by atoms with E-state index in [2.05, 4.69) is 98.9 Å². The van der Waals surface area contributed by atoms with Gasteiger partial charge in [0.15, 0.2) is 6.10 Å². The predicted octanol–water partition coefficient (Wildman–Crippen LogP) is 27.8. The Morgan fingerprint density at radius 3 is 0.867 bits per heavy atom. The molecule has 0 aliphatic carbocycles. The number of nitrogens with zero attached hydrogens (tertiary/aromatic N) is 1. The molecule has 0 fully saturated rings. The van der Waals surface area contributed by atoms with E-state index in [1.807, 2.05) is 21.1 Å². The standard InChI is InChI=1S/C88H162NO8P/c1-6-8-10-12-14-16-18-20-22-24-26-28-30-32-34-36-38-40-42-44-46-48-50-52-54-56-58-60-62-64-66-68-70-72-74-76-78-80-87(90)94-84-86(85-96-98(92,93)95-83-82-89(3,4)5)97-88(91)81-79-77-75-73-71-69-67-65-63-61-59-57-55-53-51-49-47-45-43-41-39-37-35-33-31-29-27-25-23-21-19-17-15-13-11-9-7-2/h9,11,15,17,21,23,27,29,33,35,39,41,45,47,86H,6-8,10,12-14,16,18-20,22,24-26,28,30-32,34,36-38,40,42-44,46,48-85H2,1-5H3/b11-9-,17-15-,23-21-,29-27-,35-33-,41-39-,47-45-. The van der Waals surface area contributed by atoms with Gasteiger partial charge in [-0.1, -0.05) is 414 Å². The van der Waals surface area contributed by atoms with Gasteiger partial charge in [0, 0.05) is 12.8 Å². The Bertz CT molecular complexity index is 1930. The van der Waals surface area contributed by atoms with E-state index >= 15 is 0 Å². The quantitative estimate of drug-likeness (QED) is 0.0195. The minimum absolute atomic E-state index is 0.0306. The molecular formula is C88H162NO8P. The number of ether oxygens (including phenoxy) is 2. The molecule has 572 valence electrons. The number of phosphoric acid groups is 1. The Balaban J connectivity index is 3.91. The summed E-state index contributed by atoms with van der Waals surface area (Å²) in [5.41, 5.74) is 0. The molecule has 0 bridgehead atoms. The fraction of sp³-hybridized carbons (Fsp3) is 0.818. The molecule has 2 unspecified atom stereocenters. The first-order chi connectivity index (χ1) is 48.0. The third-order valence-corrected chi connectivity index (χ3v) is 19.9. The highest BCUT2D eigenvalue weighted by molar-refractivity contribution is 7.45. The van der Waals surface area contributed by atoms with Gasteiger partial charge in [-0.3, -0.25) is 14.2 Å². The first kappa shape index (κ1) is 95.2. The van der Waals surface area contributed by atoms with Crippen LogP contribution in [0, 0.1) is 0 Å².